The van der Waals surface area contributed by atoms with Crippen LogP contribution in [0.3, 0.4) is 0 Å². The zero-order valence-corrected chi connectivity index (χ0v) is 11.9. The van der Waals surface area contributed by atoms with Crippen molar-refractivity contribution in [3.05, 3.63) is 24.2 Å². The van der Waals surface area contributed by atoms with Gasteiger partial charge < -0.3 is 11.1 Å². The van der Waals surface area contributed by atoms with Gasteiger partial charge in [-0.05, 0) is 12.3 Å². The zero-order chi connectivity index (χ0) is 15.6. The van der Waals surface area contributed by atoms with Crippen molar-refractivity contribution in [2.45, 2.75) is 32.5 Å². The number of fused-ring (bicyclic) bond motifs is 1. The summed E-state index contributed by atoms with van der Waals surface area (Å²) in [4.78, 5) is 4.06. The van der Waals surface area contributed by atoms with Crippen molar-refractivity contribution in [3.63, 3.8) is 0 Å². The lowest BCUT2D eigenvalue weighted by Gasteiger charge is -2.15. The van der Waals surface area contributed by atoms with Crippen molar-refractivity contribution >= 4 is 11.3 Å². The lowest BCUT2D eigenvalue weighted by atomic mass is 10.0. The fourth-order valence-electron chi connectivity index (χ4n) is 2.11. The smallest absolute Gasteiger partial charge is 0.367 e. The first-order valence-corrected chi connectivity index (χ1v) is 6.68. The molecule has 8 heteroatoms. The molecule has 0 aliphatic heterocycles. The van der Waals surface area contributed by atoms with Gasteiger partial charge in [0.15, 0.2) is 11.5 Å². The van der Waals surface area contributed by atoms with Gasteiger partial charge in [-0.3, -0.25) is 0 Å². The number of aromatic nitrogens is 3. The monoisotopic (exact) mass is 301 g/mol. The average molecular weight is 301 g/mol. The summed E-state index contributed by atoms with van der Waals surface area (Å²) in [6, 6.07) is 0.889. The van der Waals surface area contributed by atoms with E-state index in [1.165, 1.54) is 12.4 Å². The SMILES string of the molecule is CC(C)CC(N)CNc1nccn2nc(C(F)(F)F)cc12. The highest BCUT2D eigenvalue weighted by Gasteiger charge is 2.34. The summed E-state index contributed by atoms with van der Waals surface area (Å²) in [6.45, 7) is 4.56. The second kappa shape index (κ2) is 5.88. The molecule has 0 aliphatic rings. The third-order valence-corrected chi connectivity index (χ3v) is 2.99. The maximum atomic E-state index is 12.7. The number of nitrogens with zero attached hydrogens (tertiary/aromatic N) is 3. The third-order valence-electron chi connectivity index (χ3n) is 2.99. The van der Waals surface area contributed by atoms with Gasteiger partial charge in [-0.2, -0.15) is 18.3 Å². The highest BCUT2D eigenvalue weighted by molar-refractivity contribution is 5.67. The number of hydrogen-bond donors (Lipinski definition) is 2. The first-order valence-electron chi connectivity index (χ1n) is 6.68. The van der Waals surface area contributed by atoms with Crippen molar-refractivity contribution in [2.24, 2.45) is 11.7 Å². The fraction of sp³-hybridized carbons (Fsp3) is 0.538. The molecule has 2 aromatic heterocycles. The van der Waals surface area contributed by atoms with Gasteiger partial charge in [0.1, 0.15) is 5.52 Å². The molecule has 0 bridgehead atoms. The Morgan fingerprint density at radius 1 is 1.38 bits per heavy atom. The number of rotatable bonds is 5. The Morgan fingerprint density at radius 3 is 2.71 bits per heavy atom. The van der Waals surface area contributed by atoms with E-state index in [1.807, 2.05) is 0 Å². The molecule has 1 unspecified atom stereocenters. The molecule has 0 fully saturated rings. The van der Waals surface area contributed by atoms with Crippen LogP contribution in [0.5, 0.6) is 0 Å². The van der Waals surface area contributed by atoms with Crippen LogP contribution in [0.25, 0.3) is 5.52 Å². The van der Waals surface area contributed by atoms with Crippen LogP contribution in [0, 0.1) is 5.92 Å². The number of hydrogen-bond acceptors (Lipinski definition) is 4. The van der Waals surface area contributed by atoms with Gasteiger partial charge in [-0.15, -0.1) is 0 Å². The molecular formula is C13H18F3N5. The van der Waals surface area contributed by atoms with E-state index in [4.69, 9.17) is 5.73 Å². The number of anilines is 1. The van der Waals surface area contributed by atoms with Crippen LogP contribution in [0.2, 0.25) is 0 Å². The summed E-state index contributed by atoms with van der Waals surface area (Å²) in [5, 5.41) is 6.49. The molecule has 5 nitrogen and oxygen atoms in total. The maximum absolute atomic E-state index is 12.7. The summed E-state index contributed by atoms with van der Waals surface area (Å²) in [5.74, 6) is 0.803. The van der Waals surface area contributed by atoms with Gasteiger partial charge >= 0.3 is 6.18 Å². The minimum Gasteiger partial charge on any atom is -0.367 e. The highest BCUT2D eigenvalue weighted by atomic mass is 19.4. The van der Waals surface area contributed by atoms with Gasteiger partial charge in [0.25, 0.3) is 0 Å². The van der Waals surface area contributed by atoms with E-state index in [2.05, 4.69) is 29.2 Å². The molecule has 0 aliphatic carbocycles. The number of halogens is 3. The minimum atomic E-state index is -4.47. The van der Waals surface area contributed by atoms with Crippen molar-refractivity contribution in [1.29, 1.82) is 0 Å². The third kappa shape index (κ3) is 3.84. The Hall–Kier alpha value is -1.83. The molecule has 0 saturated carbocycles. The highest BCUT2D eigenvalue weighted by Crippen LogP contribution is 2.29. The molecule has 0 radical (unpaired) electrons. The molecule has 2 rings (SSSR count). The predicted molar refractivity (Wildman–Crippen MR) is 73.9 cm³/mol. The van der Waals surface area contributed by atoms with Crippen LogP contribution in [-0.4, -0.2) is 27.2 Å². The van der Waals surface area contributed by atoms with E-state index in [9.17, 15) is 13.2 Å². The molecule has 0 amide bonds. The molecule has 3 N–H and O–H groups in total. The van der Waals surface area contributed by atoms with Gasteiger partial charge in [-0.1, -0.05) is 13.8 Å². The number of alkyl halides is 3. The quantitative estimate of drug-likeness (QED) is 0.890. The molecule has 1 atom stereocenters. The van der Waals surface area contributed by atoms with Gasteiger partial charge in [0.2, 0.25) is 0 Å². The van der Waals surface area contributed by atoms with Crippen LogP contribution in [0.4, 0.5) is 19.0 Å². The first kappa shape index (κ1) is 15.6. The standard InChI is InChI=1S/C13H18F3N5/c1-8(2)5-9(17)7-19-12-10-6-11(13(14,15)16)20-21(10)4-3-18-12/h3-4,6,8-9H,5,7,17H2,1-2H3,(H,18,19). The molecule has 2 aromatic rings. The molecular weight excluding hydrogens is 283 g/mol. The van der Waals surface area contributed by atoms with Gasteiger partial charge in [0.05, 0.1) is 0 Å². The Labute approximate surface area is 120 Å². The van der Waals surface area contributed by atoms with E-state index in [0.29, 0.717) is 18.3 Å². The zero-order valence-electron chi connectivity index (χ0n) is 11.9. The van der Waals surface area contributed by atoms with Crippen LogP contribution >= 0.6 is 0 Å². The summed E-state index contributed by atoms with van der Waals surface area (Å²) >= 11 is 0. The molecule has 116 valence electrons. The van der Waals surface area contributed by atoms with Crippen LogP contribution in [0.15, 0.2) is 18.5 Å². The Balaban J connectivity index is 2.18. The summed E-state index contributed by atoms with van der Waals surface area (Å²) < 4.78 is 39.2. The largest absolute Gasteiger partial charge is 0.435 e. The van der Waals surface area contributed by atoms with E-state index in [1.54, 1.807) is 0 Å². The Bertz CT molecular complexity index is 605. The molecule has 0 saturated heterocycles. The van der Waals surface area contributed by atoms with Crippen LogP contribution in [-0.2, 0) is 6.18 Å². The van der Waals surface area contributed by atoms with Gasteiger partial charge in [-0.25, -0.2) is 9.50 Å². The molecule has 0 spiro atoms. The number of nitrogens with one attached hydrogen (secondary N) is 1. The Kier molecular flexibility index (Phi) is 4.36. The van der Waals surface area contributed by atoms with Crippen molar-refractivity contribution < 1.29 is 13.2 Å². The molecule has 0 aromatic carbocycles. The molecule has 2 heterocycles. The van der Waals surface area contributed by atoms with E-state index in [-0.39, 0.29) is 11.6 Å². The predicted octanol–water partition coefficient (Wildman–Crippen LogP) is 2.53. The van der Waals surface area contributed by atoms with Gasteiger partial charge in [0, 0.05) is 31.0 Å². The molecule has 21 heavy (non-hydrogen) atoms. The first-order chi connectivity index (χ1) is 9.77. The normalized spacial score (nSPS) is 13.9. The van der Waals surface area contributed by atoms with Crippen molar-refractivity contribution in [3.8, 4) is 0 Å². The van der Waals surface area contributed by atoms with E-state index in [0.717, 1.165) is 17.0 Å². The average Bonchev–Trinajstić information content (AvgIpc) is 2.79. The second-order valence-electron chi connectivity index (χ2n) is 5.40. The van der Waals surface area contributed by atoms with Crippen LogP contribution in [0.1, 0.15) is 26.0 Å². The minimum absolute atomic E-state index is 0.0861. The maximum Gasteiger partial charge on any atom is 0.435 e. The Morgan fingerprint density at radius 2 is 2.10 bits per heavy atom. The van der Waals surface area contributed by atoms with Crippen LogP contribution < -0.4 is 11.1 Å². The van der Waals surface area contributed by atoms with E-state index >= 15 is 0 Å². The van der Waals surface area contributed by atoms with Crippen molar-refractivity contribution in [2.75, 3.05) is 11.9 Å². The number of nitrogens with two attached hydrogens (primary N) is 1. The topological polar surface area (TPSA) is 68.2 Å². The van der Waals surface area contributed by atoms with Crippen molar-refractivity contribution in [1.82, 2.24) is 14.6 Å². The summed E-state index contributed by atoms with van der Waals surface area (Å²) in [6.07, 6.45) is -0.874. The lowest BCUT2D eigenvalue weighted by molar-refractivity contribution is -0.141. The summed E-state index contributed by atoms with van der Waals surface area (Å²) in [5.41, 5.74) is 5.29. The summed E-state index contributed by atoms with van der Waals surface area (Å²) in [7, 11) is 0. The second-order valence-corrected chi connectivity index (χ2v) is 5.40. The lowest BCUT2D eigenvalue weighted by Crippen LogP contribution is -2.30. The fourth-order valence-corrected chi connectivity index (χ4v) is 2.11. The van der Waals surface area contributed by atoms with E-state index < -0.39 is 11.9 Å².